The normalized spacial score (nSPS) is 13.6. The average Bonchev–Trinajstić information content (AvgIpc) is 2.14. The topological polar surface area (TPSA) is 38.0 Å². The second-order valence-electron chi connectivity index (χ2n) is 3.85. The highest BCUT2D eigenvalue weighted by atomic mass is 14.9. The monoisotopic (exact) mass is 186 g/mol. The number of rotatable bonds is 8. The molecule has 0 saturated carbocycles. The van der Waals surface area contributed by atoms with Crippen molar-refractivity contribution in [1.82, 2.24) is 5.32 Å². The van der Waals surface area contributed by atoms with E-state index in [1.165, 1.54) is 25.7 Å². The Morgan fingerprint density at radius 3 is 2.00 bits per heavy atom. The summed E-state index contributed by atoms with van der Waals surface area (Å²) < 4.78 is 0. The van der Waals surface area contributed by atoms with E-state index in [-0.39, 0.29) is 0 Å². The van der Waals surface area contributed by atoms with Crippen molar-refractivity contribution < 1.29 is 0 Å². The van der Waals surface area contributed by atoms with E-state index in [4.69, 9.17) is 5.73 Å². The van der Waals surface area contributed by atoms with E-state index in [0.717, 1.165) is 13.0 Å². The Labute approximate surface area is 83.3 Å². The molecule has 80 valence electrons. The molecule has 1 atom stereocenters. The summed E-state index contributed by atoms with van der Waals surface area (Å²) in [5.74, 6) is 0. The molecular formula is C11H26N2. The molecule has 0 amide bonds. The minimum Gasteiger partial charge on any atom is -0.327 e. The lowest BCUT2D eigenvalue weighted by molar-refractivity contribution is 0.422. The van der Waals surface area contributed by atoms with Gasteiger partial charge in [-0.1, -0.05) is 33.6 Å². The molecule has 0 aromatic heterocycles. The number of hydrogen-bond acceptors (Lipinski definition) is 2. The number of nitrogens with one attached hydrogen (secondary N) is 1. The minimum absolute atomic E-state index is 0.330. The highest BCUT2D eigenvalue weighted by Crippen LogP contribution is 2.04. The molecule has 0 radical (unpaired) electrons. The van der Waals surface area contributed by atoms with Crippen LogP contribution in [0.3, 0.4) is 0 Å². The predicted molar refractivity (Wildman–Crippen MR) is 59.9 cm³/mol. The highest BCUT2D eigenvalue weighted by molar-refractivity contribution is 4.70. The summed E-state index contributed by atoms with van der Waals surface area (Å²) >= 11 is 0. The van der Waals surface area contributed by atoms with E-state index >= 15 is 0 Å². The van der Waals surface area contributed by atoms with Crippen molar-refractivity contribution in [3.05, 3.63) is 0 Å². The maximum Gasteiger partial charge on any atom is 0.0162 e. The first-order valence-electron chi connectivity index (χ1n) is 5.73. The van der Waals surface area contributed by atoms with E-state index < -0.39 is 0 Å². The smallest absolute Gasteiger partial charge is 0.0162 e. The summed E-state index contributed by atoms with van der Waals surface area (Å²) in [6, 6.07) is 1.02. The molecule has 0 aliphatic rings. The van der Waals surface area contributed by atoms with Crippen molar-refractivity contribution in [2.45, 2.75) is 65.0 Å². The van der Waals surface area contributed by atoms with Gasteiger partial charge in [-0.25, -0.2) is 0 Å². The summed E-state index contributed by atoms with van der Waals surface area (Å²) in [5, 5.41) is 3.55. The van der Waals surface area contributed by atoms with Crippen LogP contribution in [0.5, 0.6) is 0 Å². The SMILES string of the molecule is CCCC(CCC)NCC(N)CC. The van der Waals surface area contributed by atoms with Gasteiger partial charge in [0.25, 0.3) is 0 Å². The van der Waals surface area contributed by atoms with Crippen molar-refractivity contribution in [3.63, 3.8) is 0 Å². The molecule has 3 N–H and O–H groups in total. The molecule has 0 rings (SSSR count). The molecule has 0 aliphatic heterocycles. The van der Waals surface area contributed by atoms with E-state index in [0.29, 0.717) is 12.1 Å². The molecule has 0 bridgehead atoms. The molecule has 13 heavy (non-hydrogen) atoms. The first kappa shape index (κ1) is 12.9. The van der Waals surface area contributed by atoms with Crippen molar-refractivity contribution >= 4 is 0 Å². The van der Waals surface area contributed by atoms with E-state index in [9.17, 15) is 0 Å². The van der Waals surface area contributed by atoms with Gasteiger partial charge in [0.15, 0.2) is 0 Å². The fourth-order valence-corrected chi connectivity index (χ4v) is 1.51. The van der Waals surface area contributed by atoms with Gasteiger partial charge in [-0.05, 0) is 19.3 Å². The zero-order valence-electron chi connectivity index (χ0n) is 9.47. The molecule has 2 heteroatoms. The number of nitrogens with two attached hydrogens (primary N) is 1. The van der Waals surface area contributed by atoms with Crippen molar-refractivity contribution in [2.24, 2.45) is 5.73 Å². The molecule has 2 nitrogen and oxygen atoms in total. The summed E-state index contributed by atoms with van der Waals surface area (Å²) in [6.07, 6.45) is 6.16. The molecule has 0 aromatic carbocycles. The third kappa shape index (κ3) is 7.03. The third-order valence-corrected chi connectivity index (χ3v) is 2.47. The van der Waals surface area contributed by atoms with Crippen molar-refractivity contribution in [2.75, 3.05) is 6.54 Å². The Hall–Kier alpha value is -0.0800. The zero-order valence-corrected chi connectivity index (χ0v) is 9.47. The van der Waals surface area contributed by atoms with Gasteiger partial charge in [-0.3, -0.25) is 0 Å². The first-order chi connectivity index (χ1) is 6.24. The Bertz CT molecular complexity index is 98.3. The Morgan fingerprint density at radius 2 is 1.62 bits per heavy atom. The van der Waals surface area contributed by atoms with Crippen LogP contribution in [0.15, 0.2) is 0 Å². The lowest BCUT2D eigenvalue weighted by Crippen LogP contribution is -2.39. The maximum absolute atomic E-state index is 5.85. The van der Waals surface area contributed by atoms with Crippen LogP contribution in [0.4, 0.5) is 0 Å². The zero-order chi connectivity index (χ0) is 10.1. The van der Waals surface area contributed by atoms with Crippen LogP contribution in [-0.2, 0) is 0 Å². The van der Waals surface area contributed by atoms with Crippen LogP contribution in [0, 0.1) is 0 Å². The molecule has 0 heterocycles. The number of hydrogen-bond donors (Lipinski definition) is 2. The molecule has 0 aliphatic carbocycles. The van der Waals surface area contributed by atoms with Crippen molar-refractivity contribution in [3.8, 4) is 0 Å². The predicted octanol–water partition coefficient (Wildman–Crippen LogP) is 2.28. The van der Waals surface area contributed by atoms with Crippen LogP contribution in [0.1, 0.15) is 52.9 Å². The Balaban J connectivity index is 3.55. The summed E-state index contributed by atoms with van der Waals surface area (Å²) in [4.78, 5) is 0. The molecule has 0 aromatic rings. The Kier molecular flexibility index (Phi) is 8.46. The second kappa shape index (κ2) is 8.52. The van der Waals surface area contributed by atoms with Gasteiger partial charge >= 0.3 is 0 Å². The summed E-state index contributed by atoms with van der Waals surface area (Å²) in [7, 11) is 0. The van der Waals surface area contributed by atoms with Crippen molar-refractivity contribution in [1.29, 1.82) is 0 Å². The van der Waals surface area contributed by atoms with Gasteiger partial charge in [0, 0.05) is 18.6 Å². The first-order valence-corrected chi connectivity index (χ1v) is 5.73. The molecule has 0 saturated heterocycles. The quantitative estimate of drug-likeness (QED) is 0.610. The molecule has 0 fully saturated rings. The van der Waals surface area contributed by atoms with E-state index in [1.807, 2.05) is 0 Å². The van der Waals surface area contributed by atoms with E-state index in [1.54, 1.807) is 0 Å². The van der Waals surface area contributed by atoms with E-state index in [2.05, 4.69) is 26.1 Å². The molecule has 1 unspecified atom stereocenters. The summed E-state index contributed by atoms with van der Waals surface area (Å²) in [5.41, 5.74) is 5.85. The van der Waals surface area contributed by atoms with Gasteiger partial charge in [-0.15, -0.1) is 0 Å². The summed E-state index contributed by atoms with van der Waals surface area (Å²) in [6.45, 7) is 7.59. The maximum atomic E-state index is 5.85. The third-order valence-electron chi connectivity index (χ3n) is 2.47. The molecule has 0 spiro atoms. The van der Waals surface area contributed by atoms with Crippen LogP contribution in [0.2, 0.25) is 0 Å². The molecular weight excluding hydrogens is 160 g/mol. The van der Waals surface area contributed by atoms with Crippen LogP contribution in [0.25, 0.3) is 0 Å². The largest absolute Gasteiger partial charge is 0.327 e. The minimum atomic E-state index is 0.330. The second-order valence-corrected chi connectivity index (χ2v) is 3.85. The van der Waals surface area contributed by atoms with Gasteiger partial charge in [0.2, 0.25) is 0 Å². The van der Waals surface area contributed by atoms with Gasteiger partial charge in [-0.2, -0.15) is 0 Å². The van der Waals surface area contributed by atoms with Gasteiger partial charge < -0.3 is 11.1 Å². The average molecular weight is 186 g/mol. The lowest BCUT2D eigenvalue weighted by atomic mass is 10.1. The van der Waals surface area contributed by atoms with Crippen LogP contribution >= 0.6 is 0 Å². The van der Waals surface area contributed by atoms with Gasteiger partial charge in [0.1, 0.15) is 0 Å². The fraction of sp³-hybridized carbons (Fsp3) is 1.00. The van der Waals surface area contributed by atoms with Crippen LogP contribution < -0.4 is 11.1 Å². The standard InChI is InChI=1S/C11H26N2/c1-4-7-11(8-5-2)13-9-10(12)6-3/h10-11,13H,4-9,12H2,1-3H3. The Morgan fingerprint density at radius 1 is 1.08 bits per heavy atom. The van der Waals surface area contributed by atoms with Crippen LogP contribution in [-0.4, -0.2) is 18.6 Å². The highest BCUT2D eigenvalue weighted by Gasteiger charge is 2.06. The lowest BCUT2D eigenvalue weighted by Gasteiger charge is -2.19. The van der Waals surface area contributed by atoms with Gasteiger partial charge in [0.05, 0.1) is 0 Å². The fourth-order valence-electron chi connectivity index (χ4n) is 1.51.